The van der Waals surface area contributed by atoms with Crippen molar-refractivity contribution in [2.24, 2.45) is 5.73 Å². The number of phosphoric acid groups is 1. The van der Waals surface area contributed by atoms with E-state index in [0.29, 0.717) is 39.7 Å². The van der Waals surface area contributed by atoms with Gasteiger partial charge in [-0.15, -0.1) is 0 Å². The van der Waals surface area contributed by atoms with Gasteiger partial charge in [0.05, 0.1) is 35.7 Å². The molecule has 0 aliphatic rings. The molecule has 0 spiro atoms. The summed E-state index contributed by atoms with van der Waals surface area (Å²) in [5, 5.41) is 4.48. The normalized spacial score (nSPS) is 13.0. The van der Waals surface area contributed by atoms with Crippen molar-refractivity contribution < 1.29 is 40.9 Å². The standard InChI is InChI=1S/C33H29F4N4O5P/c1-21-31(32(38)42)29(17-25-9-5-6-10-26(25)20-46-47(43,44)45-19-22-7-3-2-4-8-22)41(40-21)30-16-23(11-12-39-30)13-24-14-27(33(35,36)37)18-28(34)15-24/h2-12,14-16,18H,13,17,19-20H2,1H3,(H2,38,42)(H,43,44). The maximum Gasteiger partial charge on any atom is 0.472 e. The van der Waals surface area contributed by atoms with Crippen molar-refractivity contribution >= 4 is 13.7 Å². The van der Waals surface area contributed by atoms with Crippen molar-refractivity contribution in [2.45, 2.75) is 39.2 Å². The van der Waals surface area contributed by atoms with Gasteiger partial charge in [-0.25, -0.2) is 18.6 Å². The van der Waals surface area contributed by atoms with Crippen molar-refractivity contribution in [3.63, 3.8) is 0 Å². The highest BCUT2D eigenvalue weighted by Gasteiger charge is 2.31. The number of benzene rings is 3. The summed E-state index contributed by atoms with van der Waals surface area (Å²) in [6, 6.07) is 21.2. The van der Waals surface area contributed by atoms with Crippen LogP contribution >= 0.6 is 7.82 Å². The Morgan fingerprint density at radius 1 is 0.894 bits per heavy atom. The van der Waals surface area contributed by atoms with E-state index in [0.717, 1.165) is 12.1 Å². The van der Waals surface area contributed by atoms with Crippen LogP contribution in [-0.4, -0.2) is 25.6 Å². The summed E-state index contributed by atoms with van der Waals surface area (Å²) < 4.78 is 78.3. The first kappa shape index (κ1) is 33.7. The highest BCUT2D eigenvalue weighted by Crippen LogP contribution is 2.45. The number of halogens is 4. The molecular weight excluding hydrogens is 639 g/mol. The highest BCUT2D eigenvalue weighted by molar-refractivity contribution is 7.47. The van der Waals surface area contributed by atoms with Crippen molar-refractivity contribution in [1.29, 1.82) is 0 Å². The smallest absolute Gasteiger partial charge is 0.365 e. The number of carbonyl (C=O) groups excluding carboxylic acids is 1. The molecule has 3 aromatic carbocycles. The first-order chi connectivity index (χ1) is 22.3. The maximum atomic E-state index is 14.0. The molecule has 0 saturated carbocycles. The lowest BCUT2D eigenvalue weighted by atomic mass is 10.00. The number of aryl methyl sites for hydroxylation is 1. The van der Waals surface area contributed by atoms with Crippen molar-refractivity contribution in [3.8, 4) is 5.82 Å². The van der Waals surface area contributed by atoms with E-state index >= 15 is 0 Å². The summed E-state index contributed by atoms with van der Waals surface area (Å²) in [6.45, 7) is 1.17. The molecule has 5 rings (SSSR count). The predicted octanol–water partition coefficient (Wildman–Crippen LogP) is 6.85. The van der Waals surface area contributed by atoms with Gasteiger partial charge >= 0.3 is 14.0 Å². The van der Waals surface area contributed by atoms with Crippen LogP contribution in [0.15, 0.2) is 91.1 Å². The Labute approximate surface area is 267 Å². The second-order valence-electron chi connectivity index (χ2n) is 10.7. The predicted molar refractivity (Wildman–Crippen MR) is 164 cm³/mol. The van der Waals surface area contributed by atoms with Gasteiger partial charge in [0.2, 0.25) is 0 Å². The van der Waals surface area contributed by atoms with Crippen molar-refractivity contribution in [1.82, 2.24) is 14.8 Å². The number of nitrogens with zero attached hydrogens (tertiary/aromatic N) is 3. The Hall–Kier alpha value is -4.68. The van der Waals surface area contributed by atoms with E-state index in [1.807, 2.05) is 6.07 Å². The zero-order valence-corrected chi connectivity index (χ0v) is 25.8. The number of rotatable bonds is 12. The van der Waals surface area contributed by atoms with E-state index in [2.05, 4.69) is 10.1 Å². The van der Waals surface area contributed by atoms with E-state index in [-0.39, 0.29) is 43.0 Å². The van der Waals surface area contributed by atoms with Crippen LogP contribution in [0.4, 0.5) is 17.6 Å². The molecule has 244 valence electrons. The molecule has 0 fully saturated rings. The summed E-state index contributed by atoms with van der Waals surface area (Å²) in [6.07, 6.45) is -3.25. The Morgan fingerprint density at radius 2 is 1.57 bits per heavy atom. The zero-order chi connectivity index (χ0) is 33.8. The Morgan fingerprint density at radius 3 is 2.28 bits per heavy atom. The topological polar surface area (TPSA) is 130 Å². The maximum absolute atomic E-state index is 14.0. The molecule has 47 heavy (non-hydrogen) atoms. The lowest BCUT2D eigenvalue weighted by molar-refractivity contribution is -0.137. The Balaban J connectivity index is 1.41. The first-order valence-electron chi connectivity index (χ1n) is 14.2. The first-order valence-corrected chi connectivity index (χ1v) is 15.7. The molecule has 2 aromatic heterocycles. The van der Waals surface area contributed by atoms with E-state index < -0.39 is 31.3 Å². The van der Waals surface area contributed by atoms with Gasteiger partial charge < -0.3 is 10.6 Å². The van der Waals surface area contributed by atoms with Crippen LogP contribution in [0, 0.1) is 12.7 Å². The Bertz CT molecular complexity index is 1950. The number of pyridine rings is 1. The average Bonchev–Trinajstić information content (AvgIpc) is 3.35. The number of nitrogens with two attached hydrogens (primary N) is 1. The van der Waals surface area contributed by atoms with Crippen molar-refractivity contribution in [2.75, 3.05) is 0 Å². The van der Waals surface area contributed by atoms with E-state index in [1.54, 1.807) is 67.6 Å². The molecule has 1 unspecified atom stereocenters. The number of aromatic nitrogens is 3. The van der Waals surface area contributed by atoms with Crippen LogP contribution in [0.2, 0.25) is 0 Å². The average molecular weight is 669 g/mol. The molecule has 14 heteroatoms. The molecule has 9 nitrogen and oxygen atoms in total. The second-order valence-corrected chi connectivity index (χ2v) is 12.1. The monoisotopic (exact) mass is 668 g/mol. The SMILES string of the molecule is Cc1nn(-c2cc(Cc3cc(F)cc(C(F)(F)F)c3)ccn2)c(Cc2ccccc2COP(=O)(O)OCc2ccccc2)c1C(N)=O. The van der Waals surface area contributed by atoms with Crippen molar-refractivity contribution in [3.05, 3.63) is 147 Å². The largest absolute Gasteiger partial charge is 0.472 e. The summed E-state index contributed by atoms with van der Waals surface area (Å²) in [7, 11) is -4.44. The molecule has 1 atom stereocenters. The third-order valence-electron chi connectivity index (χ3n) is 7.22. The summed E-state index contributed by atoms with van der Waals surface area (Å²) in [5.74, 6) is -1.52. The number of hydrogen-bond acceptors (Lipinski definition) is 6. The van der Waals surface area contributed by atoms with Gasteiger partial charge in [0.1, 0.15) is 5.82 Å². The number of carbonyl (C=O) groups is 1. The molecule has 0 saturated heterocycles. The van der Waals surface area contributed by atoms with Gasteiger partial charge in [0.25, 0.3) is 5.91 Å². The minimum absolute atomic E-state index is 0.0393. The van der Waals surface area contributed by atoms with Crippen LogP contribution in [0.3, 0.4) is 0 Å². The number of alkyl halides is 3. The molecule has 0 radical (unpaired) electrons. The number of hydrogen-bond donors (Lipinski definition) is 2. The van der Waals surface area contributed by atoms with Crippen LogP contribution in [-0.2, 0) is 45.8 Å². The quantitative estimate of drug-likeness (QED) is 0.110. The minimum Gasteiger partial charge on any atom is -0.365 e. The Kier molecular flexibility index (Phi) is 10.0. The van der Waals surface area contributed by atoms with Crippen LogP contribution in [0.5, 0.6) is 0 Å². The number of primary amides is 1. The third kappa shape index (κ3) is 8.57. The summed E-state index contributed by atoms with van der Waals surface area (Å²) in [5.41, 5.74) is 7.88. The van der Waals surface area contributed by atoms with Crippen LogP contribution in [0.25, 0.3) is 5.82 Å². The molecule has 0 aliphatic carbocycles. The van der Waals surface area contributed by atoms with Crippen LogP contribution < -0.4 is 5.73 Å². The molecular formula is C33H29F4N4O5P. The van der Waals surface area contributed by atoms with Gasteiger partial charge in [-0.3, -0.25) is 13.8 Å². The molecule has 2 heterocycles. The molecule has 0 bridgehead atoms. The van der Waals surface area contributed by atoms with Gasteiger partial charge in [-0.2, -0.15) is 18.3 Å². The number of amides is 1. The fraction of sp³-hybridized carbons (Fsp3) is 0.182. The van der Waals surface area contributed by atoms with Gasteiger partial charge in [-0.1, -0.05) is 54.6 Å². The molecule has 1 amide bonds. The van der Waals surface area contributed by atoms with Gasteiger partial charge in [0, 0.05) is 12.6 Å². The van der Waals surface area contributed by atoms with E-state index in [1.165, 1.54) is 10.9 Å². The summed E-state index contributed by atoms with van der Waals surface area (Å²) >= 11 is 0. The third-order valence-corrected chi connectivity index (χ3v) is 8.13. The zero-order valence-electron chi connectivity index (χ0n) is 24.9. The molecule has 5 aromatic rings. The lowest BCUT2D eigenvalue weighted by Crippen LogP contribution is -2.16. The fourth-order valence-electron chi connectivity index (χ4n) is 5.06. The minimum atomic E-state index is -4.71. The van der Waals surface area contributed by atoms with Gasteiger partial charge in [0.15, 0.2) is 5.82 Å². The van der Waals surface area contributed by atoms with Crippen LogP contribution in [0.1, 0.15) is 55.1 Å². The molecule has 0 aliphatic heterocycles. The fourth-order valence-corrected chi connectivity index (χ4v) is 5.75. The highest BCUT2D eigenvalue weighted by atomic mass is 31.2. The second kappa shape index (κ2) is 14.0. The lowest BCUT2D eigenvalue weighted by Gasteiger charge is -2.15. The summed E-state index contributed by atoms with van der Waals surface area (Å²) in [4.78, 5) is 27.2. The number of phosphoric ester groups is 1. The van der Waals surface area contributed by atoms with E-state index in [4.69, 9.17) is 14.8 Å². The molecule has 3 N–H and O–H groups in total. The van der Waals surface area contributed by atoms with E-state index in [9.17, 15) is 31.8 Å². The van der Waals surface area contributed by atoms with Gasteiger partial charge in [-0.05, 0) is 71.5 Å².